The highest BCUT2D eigenvalue weighted by atomic mass is 16.3. The van der Waals surface area contributed by atoms with Gasteiger partial charge in [-0.15, -0.1) is 0 Å². The van der Waals surface area contributed by atoms with Crippen LogP contribution in [0.3, 0.4) is 0 Å². The number of piperidine rings is 1. The van der Waals surface area contributed by atoms with E-state index < -0.39 is 0 Å². The molecule has 130 valence electrons. The Morgan fingerprint density at radius 2 is 1.71 bits per heavy atom. The van der Waals surface area contributed by atoms with Gasteiger partial charge in [-0.1, -0.05) is 6.07 Å². The molecule has 2 aliphatic rings. The standard InChI is InChI=1S/C18H25N3O3/c1-13-4-5-16(22)15(12-13)19-17(23)14-6-10-21(11-7-14)18(24)20-8-2-3-9-20/h4-5,12,14,22H,2-3,6-11H2,1H3,(H,19,23). The second kappa shape index (κ2) is 7.11. The normalized spacial score (nSPS) is 18.7. The van der Waals surface area contributed by atoms with Crippen molar-refractivity contribution >= 4 is 17.6 Å². The number of urea groups is 1. The number of phenolic OH excluding ortho intramolecular Hbond substituents is 1. The fourth-order valence-corrected chi connectivity index (χ4v) is 3.43. The summed E-state index contributed by atoms with van der Waals surface area (Å²) in [7, 11) is 0. The summed E-state index contributed by atoms with van der Waals surface area (Å²) in [6.45, 7) is 4.86. The molecule has 0 radical (unpaired) electrons. The van der Waals surface area contributed by atoms with Crippen molar-refractivity contribution in [1.29, 1.82) is 0 Å². The number of anilines is 1. The van der Waals surface area contributed by atoms with E-state index in [2.05, 4.69) is 5.32 Å². The summed E-state index contributed by atoms with van der Waals surface area (Å²) in [4.78, 5) is 28.6. The number of nitrogens with one attached hydrogen (secondary N) is 1. The molecule has 2 N–H and O–H groups in total. The fourth-order valence-electron chi connectivity index (χ4n) is 3.43. The van der Waals surface area contributed by atoms with Crippen molar-refractivity contribution in [2.24, 2.45) is 5.92 Å². The number of hydrogen-bond acceptors (Lipinski definition) is 3. The molecule has 3 rings (SSSR count). The summed E-state index contributed by atoms with van der Waals surface area (Å²) in [5.74, 6) is -0.118. The van der Waals surface area contributed by atoms with Gasteiger partial charge in [-0.05, 0) is 50.3 Å². The predicted molar refractivity (Wildman–Crippen MR) is 92.0 cm³/mol. The summed E-state index contributed by atoms with van der Waals surface area (Å²) < 4.78 is 0. The molecule has 24 heavy (non-hydrogen) atoms. The topological polar surface area (TPSA) is 72.9 Å². The van der Waals surface area contributed by atoms with E-state index >= 15 is 0 Å². The van der Waals surface area contributed by atoms with Crippen LogP contribution >= 0.6 is 0 Å². The van der Waals surface area contributed by atoms with Crippen LogP contribution < -0.4 is 5.32 Å². The molecule has 2 saturated heterocycles. The van der Waals surface area contributed by atoms with E-state index in [0.29, 0.717) is 31.6 Å². The minimum absolute atomic E-state index is 0.0793. The van der Waals surface area contributed by atoms with Crippen LogP contribution in [0.4, 0.5) is 10.5 Å². The van der Waals surface area contributed by atoms with Gasteiger partial charge in [0.1, 0.15) is 5.75 Å². The Hall–Kier alpha value is -2.24. The van der Waals surface area contributed by atoms with Gasteiger partial charge in [0, 0.05) is 32.1 Å². The lowest BCUT2D eigenvalue weighted by molar-refractivity contribution is -0.121. The van der Waals surface area contributed by atoms with Crippen LogP contribution in [-0.4, -0.2) is 53.0 Å². The Morgan fingerprint density at radius 1 is 1.08 bits per heavy atom. The van der Waals surface area contributed by atoms with E-state index in [1.54, 1.807) is 18.2 Å². The SMILES string of the molecule is Cc1ccc(O)c(NC(=O)C2CCN(C(=O)N3CCCC3)CC2)c1. The van der Waals surface area contributed by atoms with Gasteiger partial charge in [-0.3, -0.25) is 4.79 Å². The molecule has 0 bridgehead atoms. The predicted octanol–water partition coefficient (Wildman–Crippen LogP) is 2.57. The first-order valence-electron chi connectivity index (χ1n) is 8.69. The van der Waals surface area contributed by atoms with Crippen molar-refractivity contribution in [3.05, 3.63) is 23.8 Å². The fraction of sp³-hybridized carbons (Fsp3) is 0.556. The van der Waals surface area contributed by atoms with Gasteiger partial charge >= 0.3 is 6.03 Å². The van der Waals surface area contributed by atoms with Gasteiger partial charge in [0.2, 0.25) is 5.91 Å². The third-order valence-corrected chi connectivity index (χ3v) is 4.92. The van der Waals surface area contributed by atoms with E-state index in [0.717, 1.165) is 31.5 Å². The molecule has 1 aromatic carbocycles. The highest BCUT2D eigenvalue weighted by molar-refractivity contribution is 5.94. The average Bonchev–Trinajstić information content (AvgIpc) is 3.12. The summed E-state index contributed by atoms with van der Waals surface area (Å²) in [6.07, 6.45) is 3.51. The van der Waals surface area contributed by atoms with Crippen LogP contribution in [0.25, 0.3) is 0 Å². The van der Waals surface area contributed by atoms with Crippen LogP contribution in [0.2, 0.25) is 0 Å². The Morgan fingerprint density at radius 3 is 2.38 bits per heavy atom. The second-order valence-electron chi connectivity index (χ2n) is 6.75. The average molecular weight is 331 g/mol. The number of benzene rings is 1. The zero-order chi connectivity index (χ0) is 17.1. The Kier molecular flexibility index (Phi) is 4.92. The number of aromatic hydroxyl groups is 1. The first-order chi connectivity index (χ1) is 11.5. The Balaban J connectivity index is 1.53. The molecule has 6 heteroatoms. The van der Waals surface area contributed by atoms with Gasteiger partial charge in [0.15, 0.2) is 0 Å². The summed E-state index contributed by atoms with van der Waals surface area (Å²) in [5, 5.41) is 12.7. The minimum atomic E-state index is -0.118. The van der Waals surface area contributed by atoms with Gasteiger partial charge < -0.3 is 20.2 Å². The number of phenols is 1. The van der Waals surface area contributed by atoms with E-state index in [1.807, 2.05) is 16.7 Å². The third-order valence-electron chi connectivity index (χ3n) is 4.92. The zero-order valence-electron chi connectivity index (χ0n) is 14.1. The number of rotatable bonds is 2. The molecule has 0 aliphatic carbocycles. The highest BCUT2D eigenvalue weighted by Crippen LogP contribution is 2.26. The Bertz CT molecular complexity index is 618. The molecular formula is C18H25N3O3. The van der Waals surface area contributed by atoms with Gasteiger partial charge in [-0.25, -0.2) is 4.79 Å². The molecule has 0 aromatic heterocycles. The van der Waals surface area contributed by atoms with Crippen LogP contribution in [0.5, 0.6) is 5.75 Å². The molecule has 6 nitrogen and oxygen atoms in total. The smallest absolute Gasteiger partial charge is 0.319 e. The zero-order valence-corrected chi connectivity index (χ0v) is 14.1. The van der Waals surface area contributed by atoms with E-state index in [9.17, 15) is 14.7 Å². The number of hydrogen-bond donors (Lipinski definition) is 2. The van der Waals surface area contributed by atoms with Crippen molar-refractivity contribution in [3.8, 4) is 5.75 Å². The maximum atomic E-state index is 12.4. The summed E-state index contributed by atoms with van der Waals surface area (Å²) in [6, 6.07) is 5.26. The quantitative estimate of drug-likeness (QED) is 0.818. The van der Waals surface area contributed by atoms with Gasteiger partial charge in [0.25, 0.3) is 0 Å². The van der Waals surface area contributed by atoms with Crippen molar-refractivity contribution in [3.63, 3.8) is 0 Å². The number of aryl methyl sites for hydroxylation is 1. The molecule has 2 aliphatic heterocycles. The first kappa shape index (κ1) is 16.6. The molecule has 0 unspecified atom stereocenters. The van der Waals surface area contributed by atoms with E-state index in [1.165, 1.54) is 0 Å². The molecular weight excluding hydrogens is 306 g/mol. The largest absolute Gasteiger partial charge is 0.506 e. The van der Waals surface area contributed by atoms with Crippen molar-refractivity contribution in [2.45, 2.75) is 32.6 Å². The Labute approximate surface area is 142 Å². The molecule has 0 atom stereocenters. The van der Waals surface area contributed by atoms with Gasteiger partial charge in [-0.2, -0.15) is 0 Å². The van der Waals surface area contributed by atoms with Crippen molar-refractivity contribution in [1.82, 2.24) is 9.80 Å². The minimum Gasteiger partial charge on any atom is -0.506 e. The molecule has 0 spiro atoms. The monoisotopic (exact) mass is 331 g/mol. The van der Waals surface area contributed by atoms with Crippen molar-refractivity contribution < 1.29 is 14.7 Å². The molecule has 1 aromatic rings. The lowest BCUT2D eigenvalue weighted by atomic mass is 9.96. The van der Waals surface area contributed by atoms with Crippen LogP contribution in [0.1, 0.15) is 31.2 Å². The molecule has 2 heterocycles. The number of amides is 3. The number of nitrogens with zero attached hydrogens (tertiary/aromatic N) is 2. The maximum absolute atomic E-state index is 12.4. The number of likely N-dealkylation sites (tertiary alicyclic amines) is 2. The number of carbonyl (C=O) groups excluding carboxylic acids is 2. The maximum Gasteiger partial charge on any atom is 0.319 e. The van der Waals surface area contributed by atoms with Crippen molar-refractivity contribution in [2.75, 3.05) is 31.5 Å². The summed E-state index contributed by atoms with van der Waals surface area (Å²) >= 11 is 0. The number of carbonyl (C=O) groups is 2. The second-order valence-corrected chi connectivity index (χ2v) is 6.75. The lowest BCUT2D eigenvalue weighted by Crippen LogP contribution is -2.47. The molecule has 0 saturated carbocycles. The van der Waals surface area contributed by atoms with Crippen LogP contribution in [0.15, 0.2) is 18.2 Å². The van der Waals surface area contributed by atoms with Crippen LogP contribution in [-0.2, 0) is 4.79 Å². The lowest BCUT2D eigenvalue weighted by Gasteiger charge is -2.34. The van der Waals surface area contributed by atoms with E-state index in [-0.39, 0.29) is 23.6 Å². The highest BCUT2D eigenvalue weighted by Gasteiger charge is 2.30. The third kappa shape index (κ3) is 3.63. The van der Waals surface area contributed by atoms with Gasteiger partial charge in [0.05, 0.1) is 5.69 Å². The van der Waals surface area contributed by atoms with Crippen LogP contribution in [0, 0.1) is 12.8 Å². The molecule has 3 amide bonds. The summed E-state index contributed by atoms with van der Waals surface area (Å²) in [5.41, 5.74) is 1.43. The first-order valence-corrected chi connectivity index (χ1v) is 8.69. The molecule has 2 fully saturated rings. The van der Waals surface area contributed by atoms with E-state index in [4.69, 9.17) is 0 Å².